The number of carbonyl (C=O) groups is 3. The van der Waals surface area contributed by atoms with Crippen LogP contribution in [0.15, 0.2) is 35.7 Å². The van der Waals surface area contributed by atoms with Crippen molar-refractivity contribution in [3.05, 3.63) is 56.2 Å². The fourth-order valence-electron chi connectivity index (χ4n) is 3.58. The first-order valence-corrected chi connectivity index (χ1v) is 11.8. The van der Waals surface area contributed by atoms with Gasteiger partial charge in [0.05, 0.1) is 19.5 Å². The van der Waals surface area contributed by atoms with Crippen molar-refractivity contribution in [1.82, 2.24) is 15.1 Å². The zero-order valence-electron chi connectivity index (χ0n) is 17.4. The number of benzene rings is 1. The van der Waals surface area contributed by atoms with Crippen LogP contribution in [0, 0.1) is 12.3 Å². The molecule has 1 aromatic heterocycles. The van der Waals surface area contributed by atoms with Gasteiger partial charge in [-0.15, -0.1) is 17.8 Å². The third-order valence-corrected chi connectivity index (χ3v) is 6.75. The van der Waals surface area contributed by atoms with E-state index in [1.54, 1.807) is 29.5 Å². The molecular weight excluding hydrogens is 469 g/mol. The van der Waals surface area contributed by atoms with E-state index in [0.29, 0.717) is 36.0 Å². The Hall–Kier alpha value is -2.53. The van der Waals surface area contributed by atoms with Gasteiger partial charge < -0.3 is 15.1 Å². The summed E-state index contributed by atoms with van der Waals surface area (Å²) in [6.45, 7) is 0.723. The van der Waals surface area contributed by atoms with E-state index in [-0.39, 0.29) is 37.2 Å². The Balaban J connectivity index is 1.72. The SMILES string of the molecule is C#CCNC(=O)CC1C(=O)N(CCc2ccc(Cl)cc2Cl)CC(=O)N1CCc1cccs1. The minimum atomic E-state index is -0.866. The highest BCUT2D eigenvalue weighted by atomic mass is 35.5. The Bertz CT molecular complexity index is 1020. The molecule has 9 heteroatoms. The molecule has 1 aliphatic rings. The molecule has 1 atom stereocenters. The second-order valence-corrected chi connectivity index (χ2v) is 9.24. The largest absolute Gasteiger partial charge is 0.345 e. The molecule has 1 aromatic carbocycles. The summed E-state index contributed by atoms with van der Waals surface area (Å²) in [5, 5.41) is 5.58. The van der Waals surface area contributed by atoms with Crippen molar-refractivity contribution in [3.63, 3.8) is 0 Å². The monoisotopic (exact) mass is 491 g/mol. The number of amides is 3. The molecule has 1 saturated heterocycles. The number of hydrogen-bond donors (Lipinski definition) is 1. The number of hydrogen-bond acceptors (Lipinski definition) is 4. The lowest BCUT2D eigenvalue weighted by atomic mass is 10.0. The van der Waals surface area contributed by atoms with Gasteiger partial charge in [0.15, 0.2) is 0 Å². The Kier molecular flexibility index (Phi) is 8.57. The summed E-state index contributed by atoms with van der Waals surface area (Å²) in [5.41, 5.74) is 0.833. The molecule has 0 radical (unpaired) electrons. The fraction of sp³-hybridized carbons (Fsp3) is 0.348. The van der Waals surface area contributed by atoms with Crippen LogP contribution in [0.25, 0.3) is 0 Å². The van der Waals surface area contributed by atoms with Crippen LogP contribution in [-0.2, 0) is 27.2 Å². The number of rotatable bonds is 9. The van der Waals surface area contributed by atoms with Gasteiger partial charge in [-0.05, 0) is 42.0 Å². The van der Waals surface area contributed by atoms with Crippen molar-refractivity contribution in [2.75, 3.05) is 26.2 Å². The molecule has 168 valence electrons. The molecule has 1 fully saturated rings. The average molecular weight is 492 g/mol. The minimum absolute atomic E-state index is 0.0308. The second-order valence-electron chi connectivity index (χ2n) is 7.36. The summed E-state index contributed by atoms with van der Waals surface area (Å²) in [6, 6.07) is 8.24. The van der Waals surface area contributed by atoms with Crippen LogP contribution in [0.4, 0.5) is 0 Å². The highest BCUT2D eigenvalue weighted by molar-refractivity contribution is 7.09. The first kappa shape index (κ1) is 24.1. The van der Waals surface area contributed by atoms with Gasteiger partial charge >= 0.3 is 0 Å². The number of halogens is 2. The maximum atomic E-state index is 13.3. The van der Waals surface area contributed by atoms with Gasteiger partial charge in [-0.2, -0.15) is 0 Å². The van der Waals surface area contributed by atoms with E-state index in [0.717, 1.165) is 10.4 Å². The summed E-state index contributed by atoms with van der Waals surface area (Å²) in [5.74, 6) is 1.54. The number of terminal acetylenes is 1. The number of nitrogens with one attached hydrogen (secondary N) is 1. The first-order chi connectivity index (χ1) is 15.4. The molecule has 0 spiro atoms. The molecule has 1 unspecified atom stereocenters. The fourth-order valence-corrected chi connectivity index (χ4v) is 4.78. The summed E-state index contributed by atoms with van der Waals surface area (Å²) in [7, 11) is 0. The molecule has 1 N–H and O–H groups in total. The first-order valence-electron chi connectivity index (χ1n) is 10.1. The Morgan fingerprint density at radius 1 is 1.22 bits per heavy atom. The Labute approximate surface area is 201 Å². The van der Waals surface area contributed by atoms with Crippen LogP contribution in [0.3, 0.4) is 0 Å². The Morgan fingerprint density at radius 2 is 2.03 bits per heavy atom. The zero-order chi connectivity index (χ0) is 23.1. The lowest BCUT2D eigenvalue weighted by Crippen LogP contribution is -2.61. The second kappa shape index (κ2) is 11.4. The van der Waals surface area contributed by atoms with Gasteiger partial charge in [-0.25, -0.2) is 0 Å². The predicted octanol–water partition coefficient (Wildman–Crippen LogP) is 3.02. The summed E-state index contributed by atoms with van der Waals surface area (Å²) in [4.78, 5) is 42.7. The van der Waals surface area contributed by atoms with Gasteiger partial charge in [0.1, 0.15) is 6.04 Å². The van der Waals surface area contributed by atoms with Gasteiger partial charge in [0.25, 0.3) is 0 Å². The molecule has 0 bridgehead atoms. The highest BCUT2D eigenvalue weighted by Gasteiger charge is 2.40. The summed E-state index contributed by atoms with van der Waals surface area (Å²) < 4.78 is 0. The van der Waals surface area contributed by atoms with E-state index in [1.165, 1.54) is 9.80 Å². The molecule has 3 rings (SSSR count). The van der Waals surface area contributed by atoms with Crippen LogP contribution in [-0.4, -0.2) is 59.7 Å². The van der Waals surface area contributed by atoms with E-state index in [1.807, 2.05) is 17.5 Å². The number of thiophene rings is 1. The molecule has 2 heterocycles. The number of nitrogens with zero attached hydrogens (tertiary/aromatic N) is 2. The molecule has 0 aliphatic carbocycles. The zero-order valence-corrected chi connectivity index (χ0v) is 19.7. The third kappa shape index (κ3) is 6.26. The van der Waals surface area contributed by atoms with Crippen molar-refractivity contribution in [2.45, 2.75) is 25.3 Å². The molecule has 6 nitrogen and oxygen atoms in total. The van der Waals surface area contributed by atoms with Crippen LogP contribution in [0.2, 0.25) is 10.0 Å². The van der Waals surface area contributed by atoms with Gasteiger partial charge in [0, 0.05) is 28.0 Å². The van der Waals surface area contributed by atoms with E-state index >= 15 is 0 Å². The van der Waals surface area contributed by atoms with E-state index in [9.17, 15) is 14.4 Å². The predicted molar refractivity (Wildman–Crippen MR) is 127 cm³/mol. The van der Waals surface area contributed by atoms with E-state index < -0.39 is 6.04 Å². The number of carbonyl (C=O) groups excluding carboxylic acids is 3. The van der Waals surface area contributed by atoms with Crippen molar-refractivity contribution in [3.8, 4) is 12.3 Å². The normalized spacial score (nSPS) is 16.2. The van der Waals surface area contributed by atoms with Crippen LogP contribution in [0.1, 0.15) is 16.9 Å². The Morgan fingerprint density at radius 3 is 2.72 bits per heavy atom. The molecule has 3 amide bonds. The average Bonchev–Trinajstić information content (AvgIpc) is 3.28. The van der Waals surface area contributed by atoms with Gasteiger partial charge in [-0.1, -0.05) is 41.3 Å². The van der Waals surface area contributed by atoms with Crippen LogP contribution >= 0.6 is 34.5 Å². The molecule has 0 saturated carbocycles. The lowest BCUT2D eigenvalue weighted by Gasteiger charge is -2.40. The highest BCUT2D eigenvalue weighted by Crippen LogP contribution is 2.23. The number of piperazine rings is 1. The smallest absolute Gasteiger partial charge is 0.246 e. The van der Waals surface area contributed by atoms with Crippen LogP contribution in [0.5, 0.6) is 0 Å². The maximum absolute atomic E-state index is 13.3. The van der Waals surface area contributed by atoms with Gasteiger partial charge in [-0.3, -0.25) is 14.4 Å². The minimum Gasteiger partial charge on any atom is -0.345 e. The van der Waals surface area contributed by atoms with Gasteiger partial charge in [0.2, 0.25) is 17.7 Å². The standard InChI is InChI=1S/C23H23Cl2N3O3S/c1-2-9-26-21(29)14-20-23(31)27(10-7-16-5-6-17(24)13-19(16)25)15-22(30)28(20)11-8-18-4-3-12-32-18/h1,3-6,12-13,20H,7-11,14-15H2,(H,26,29). The van der Waals surface area contributed by atoms with Crippen molar-refractivity contribution < 1.29 is 14.4 Å². The molecular formula is C23H23Cl2N3O3S. The van der Waals surface area contributed by atoms with E-state index in [4.69, 9.17) is 29.6 Å². The van der Waals surface area contributed by atoms with Crippen molar-refractivity contribution in [1.29, 1.82) is 0 Å². The topological polar surface area (TPSA) is 69.7 Å². The lowest BCUT2D eigenvalue weighted by molar-refractivity contribution is -0.157. The van der Waals surface area contributed by atoms with Crippen molar-refractivity contribution >= 4 is 52.3 Å². The van der Waals surface area contributed by atoms with E-state index in [2.05, 4.69) is 11.2 Å². The quantitative estimate of drug-likeness (QED) is 0.548. The molecule has 32 heavy (non-hydrogen) atoms. The summed E-state index contributed by atoms with van der Waals surface area (Å²) >= 11 is 13.8. The molecule has 2 aromatic rings. The molecule has 1 aliphatic heterocycles. The van der Waals surface area contributed by atoms with Crippen molar-refractivity contribution in [2.24, 2.45) is 0 Å². The third-order valence-electron chi connectivity index (χ3n) is 5.23. The van der Waals surface area contributed by atoms with Crippen LogP contribution < -0.4 is 5.32 Å². The maximum Gasteiger partial charge on any atom is 0.246 e. The summed E-state index contributed by atoms with van der Waals surface area (Å²) in [6.07, 6.45) is 6.17.